The fraction of sp³-hybridized carbons (Fsp3) is 0.526. The highest BCUT2D eigenvalue weighted by molar-refractivity contribution is 7.92. The van der Waals surface area contributed by atoms with E-state index in [1.54, 1.807) is 24.1 Å². The van der Waals surface area contributed by atoms with E-state index in [-0.39, 0.29) is 30.0 Å². The maximum atomic E-state index is 12.7. The third-order valence-corrected chi connectivity index (χ3v) is 8.18. The Labute approximate surface area is 153 Å². The van der Waals surface area contributed by atoms with E-state index in [4.69, 9.17) is 9.15 Å². The molecule has 0 N–H and O–H groups in total. The number of fused-ring (bicyclic) bond motifs is 1. The highest BCUT2D eigenvalue weighted by atomic mass is 32.2. The summed E-state index contributed by atoms with van der Waals surface area (Å²) in [6.07, 6.45) is 4.61. The molecule has 2 aliphatic rings. The Bertz CT molecular complexity index is 921. The quantitative estimate of drug-likeness (QED) is 0.819. The number of hydrogen-bond donors (Lipinski definition) is 0. The first-order valence-corrected chi connectivity index (χ1v) is 10.7. The Kier molecular flexibility index (Phi) is 4.42. The normalized spacial score (nSPS) is 19.5. The zero-order chi connectivity index (χ0) is 18.3. The Morgan fingerprint density at radius 3 is 2.58 bits per heavy atom. The largest absolute Gasteiger partial charge is 0.493 e. The zero-order valence-electron chi connectivity index (χ0n) is 14.8. The van der Waals surface area contributed by atoms with Crippen molar-refractivity contribution >= 4 is 26.7 Å². The van der Waals surface area contributed by atoms with Gasteiger partial charge in [0.1, 0.15) is 0 Å². The lowest BCUT2D eigenvalue weighted by molar-refractivity contribution is 0.0627. The third-order valence-electron chi connectivity index (χ3n) is 5.56. The second kappa shape index (κ2) is 6.61. The lowest BCUT2D eigenvalue weighted by Crippen LogP contribution is -2.58. The van der Waals surface area contributed by atoms with Crippen molar-refractivity contribution in [3.63, 3.8) is 0 Å². The molecule has 2 fully saturated rings. The molecule has 0 spiro atoms. The summed E-state index contributed by atoms with van der Waals surface area (Å²) < 4.78 is 36.4. The smallest absolute Gasteiger partial charge is 0.289 e. The van der Waals surface area contributed by atoms with E-state index >= 15 is 0 Å². The summed E-state index contributed by atoms with van der Waals surface area (Å²) in [5.41, 5.74) is 0.533. The van der Waals surface area contributed by atoms with Gasteiger partial charge in [-0.3, -0.25) is 4.79 Å². The zero-order valence-corrected chi connectivity index (χ0v) is 15.6. The molecule has 0 unspecified atom stereocenters. The molecule has 1 amide bonds. The van der Waals surface area contributed by atoms with Crippen molar-refractivity contribution in [1.29, 1.82) is 0 Å². The summed E-state index contributed by atoms with van der Waals surface area (Å²) in [6, 6.07) is 7.14. The van der Waals surface area contributed by atoms with Crippen molar-refractivity contribution in [3.05, 3.63) is 30.0 Å². The highest BCUT2D eigenvalue weighted by Crippen LogP contribution is 2.32. The molecule has 1 aromatic carbocycles. The molecular weight excluding hydrogens is 354 g/mol. The number of carbonyl (C=O) groups excluding carboxylic acids is 1. The first kappa shape index (κ1) is 17.4. The molecule has 0 bridgehead atoms. The minimum Gasteiger partial charge on any atom is -0.493 e. The minimum atomic E-state index is -3.15. The fourth-order valence-electron chi connectivity index (χ4n) is 3.94. The van der Waals surface area contributed by atoms with E-state index in [2.05, 4.69) is 0 Å². The van der Waals surface area contributed by atoms with Crippen molar-refractivity contribution in [3.8, 4) is 5.75 Å². The Morgan fingerprint density at radius 2 is 1.88 bits per heavy atom. The molecule has 1 aliphatic heterocycles. The van der Waals surface area contributed by atoms with Gasteiger partial charge < -0.3 is 14.1 Å². The molecule has 0 atom stereocenters. The van der Waals surface area contributed by atoms with Crippen LogP contribution in [0, 0.1) is 0 Å². The van der Waals surface area contributed by atoms with Gasteiger partial charge in [0.2, 0.25) is 0 Å². The molecule has 1 saturated carbocycles. The monoisotopic (exact) mass is 377 g/mol. The second-order valence-electron chi connectivity index (χ2n) is 7.17. The average molecular weight is 377 g/mol. The van der Waals surface area contributed by atoms with Crippen molar-refractivity contribution in [1.82, 2.24) is 4.90 Å². The first-order valence-electron chi connectivity index (χ1n) is 9.09. The second-order valence-corrected chi connectivity index (χ2v) is 9.68. The van der Waals surface area contributed by atoms with Gasteiger partial charge in [-0.05, 0) is 25.0 Å². The van der Waals surface area contributed by atoms with Crippen molar-refractivity contribution in [2.24, 2.45) is 0 Å². The molecule has 1 aliphatic carbocycles. The SMILES string of the molecule is COc1cccc2cc(C(=O)N3CC(S(=O)(=O)C4CCCCC4)C3)oc12. The molecule has 2 heterocycles. The van der Waals surface area contributed by atoms with E-state index in [1.165, 1.54) is 0 Å². The predicted octanol–water partition coefficient (Wildman–Crippen LogP) is 3.01. The lowest BCUT2D eigenvalue weighted by atomic mass is 10.0. The number of rotatable bonds is 4. The summed E-state index contributed by atoms with van der Waals surface area (Å²) in [4.78, 5) is 14.2. The third kappa shape index (κ3) is 2.88. The van der Waals surface area contributed by atoms with Crippen LogP contribution in [0.1, 0.15) is 42.7 Å². The van der Waals surface area contributed by atoms with E-state index in [0.717, 1.165) is 37.5 Å². The van der Waals surface area contributed by atoms with Gasteiger partial charge in [0, 0.05) is 18.5 Å². The summed E-state index contributed by atoms with van der Waals surface area (Å²) in [5.74, 6) is 0.527. The minimum absolute atomic E-state index is 0.220. The highest BCUT2D eigenvalue weighted by Gasteiger charge is 2.44. The standard InChI is InChI=1S/C19H23NO5S/c1-24-16-9-5-6-13-10-17(25-18(13)16)19(21)20-11-15(12-20)26(22,23)14-7-3-2-4-8-14/h5-6,9-10,14-15H,2-4,7-8,11-12H2,1H3. The van der Waals surface area contributed by atoms with Crippen LogP contribution in [0.5, 0.6) is 5.75 Å². The van der Waals surface area contributed by atoms with E-state index < -0.39 is 15.1 Å². The number of carbonyl (C=O) groups is 1. The number of likely N-dealkylation sites (tertiary alicyclic amines) is 1. The molecule has 26 heavy (non-hydrogen) atoms. The van der Waals surface area contributed by atoms with Gasteiger partial charge in [0.15, 0.2) is 26.9 Å². The number of para-hydroxylation sites is 1. The van der Waals surface area contributed by atoms with Gasteiger partial charge in [0.25, 0.3) is 5.91 Å². The van der Waals surface area contributed by atoms with Crippen molar-refractivity contribution < 1.29 is 22.4 Å². The summed E-state index contributed by atoms with van der Waals surface area (Å²) in [7, 11) is -1.60. The fourth-order valence-corrected chi connectivity index (χ4v) is 6.25. The number of amides is 1. The van der Waals surface area contributed by atoms with Crippen molar-refractivity contribution in [2.45, 2.75) is 42.6 Å². The van der Waals surface area contributed by atoms with Crippen LogP contribution in [0.4, 0.5) is 0 Å². The molecular formula is C19H23NO5S. The number of methoxy groups -OCH3 is 1. The molecule has 140 valence electrons. The van der Waals surface area contributed by atoms with Crippen LogP contribution in [-0.2, 0) is 9.84 Å². The maximum Gasteiger partial charge on any atom is 0.289 e. The Morgan fingerprint density at radius 1 is 1.15 bits per heavy atom. The Balaban J connectivity index is 1.46. The van der Waals surface area contributed by atoms with Crippen LogP contribution < -0.4 is 4.74 Å². The van der Waals surface area contributed by atoms with E-state index in [0.29, 0.717) is 11.3 Å². The molecule has 1 aromatic heterocycles. The molecule has 7 heteroatoms. The summed E-state index contributed by atoms with van der Waals surface area (Å²) in [5, 5.41) is 0.127. The maximum absolute atomic E-state index is 12.7. The number of hydrogen-bond acceptors (Lipinski definition) is 5. The summed E-state index contributed by atoms with van der Waals surface area (Å²) >= 11 is 0. The van der Waals surface area contributed by atoms with Gasteiger partial charge in [-0.25, -0.2) is 8.42 Å². The van der Waals surface area contributed by atoms with Crippen LogP contribution >= 0.6 is 0 Å². The number of benzene rings is 1. The van der Waals surface area contributed by atoms with Crippen LogP contribution in [0.15, 0.2) is 28.7 Å². The van der Waals surface area contributed by atoms with Crippen molar-refractivity contribution in [2.75, 3.05) is 20.2 Å². The number of furan rings is 1. The van der Waals surface area contributed by atoms with Crippen LogP contribution in [0.3, 0.4) is 0 Å². The predicted molar refractivity (Wildman–Crippen MR) is 98.3 cm³/mol. The molecule has 2 aromatic rings. The van der Waals surface area contributed by atoms with E-state index in [1.807, 2.05) is 12.1 Å². The van der Waals surface area contributed by atoms with Gasteiger partial charge in [-0.2, -0.15) is 0 Å². The van der Waals surface area contributed by atoms with Crippen LogP contribution in [-0.4, -0.2) is 49.9 Å². The van der Waals surface area contributed by atoms with Gasteiger partial charge in [0.05, 0.1) is 17.6 Å². The summed E-state index contributed by atoms with van der Waals surface area (Å²) in [6.45, 7) is 0.512. The lowest BCUT2D eigenvalue weighted by Gasteiger charge is -2.40. The molecule has 4 rings (SSSR count). The average Bonchev–Trinajstić information content (AvgIpc) is 3.05. The Hall–Kier alpha value is -2.02. The topological polar surface area (TPSA) is 76.8 Å². The van der Waals surface area contributed by atoms with E-state index in [9.17, 15) is 13.2 Å². The van der Waals surface area contributed by atoms with Crippen LogP contribution in [0.25, 0.3) is 11.0 Å². The first-order chi connectivity index (χ1) is 12.5. The molecule has 0 radical (unpaired) electrons. The molecule has 1 saturated heterocycles. The van der Waals surface area contributed by atoms with Crippen LogP contribution in [0.2, 0.25) is 0 Å². The van der Waals surface area contributed by atoms with Gasteiger partial charge in [-0.1, -0.05) is 31.4 Å². The number of ether oxygens (including phenoxy) is 1. The van der Waals surface area contributed by atoms with Gasteiger partial charge in [-0.15, -0.1) is 0 Å². The molecule has 6 nitrogen and oxygen atoms in total. The number of nitrogens with zero attached hydrogens (tertiary/aromatic N) is 1. The van der Waals surface area contributed by atoms with Gasteiger partial charge >= 0.3 is 0 Å². The number of sulfone groups is 1.